The quantitative estimate of drug-likeness (QED) is 0.378. The summed E-state index contributed by atoms with van der Waals surface area (Å²) in [5.74, 6) is 0. The van der Waals surface area contributed by atoms with Gasteiger partial charge in [0.05, 0.1) is 6.33 Å². The molecule has 0 aliphatic rings. The molecule has 136 valence electrons. The summed E-state index contributed by atoms with van der Waals surface area (Å²) in [4.78, 5) is 5.36. The zero-order chi connectivity index (χ0) is 18.6. The summed E-state index contributed by atoms with van der Waals surface area (Å²) in [6.07, 6.45) is 7.50. The summed E-state index contributed by atoms with van der Waals surface area (Å²) in [5, 5.41) is 2.13. The van der Waals surface area contributed by atoms with Crippen LogP contribution in [0.3, 0.4) is 0 Å². The fraction of sp³-hybridized carbons (Fsp3) is 0.250. The molecular weight excluding hydrogens is 407 g/mol. The second-order valence-corrected chi connectivity index (χ2v) is 9.42. The average Bonchev–Trinajstić information content (AvgIpc) is 3.09. The number of rotatable bonds is 7. The van der Waals surface area contributed by atoms with E-state index in [1.807, 2.05) is 54.7 Å². The number of thioether (sulfide) groups is 1. The summed E-state index contributed by atoms with van der Waals surface area (Å²) >= 11 is 20.2. The topological polar surface area (TPSA) is 17.8 Å². The van der Waals surface area contributed by atoms with E-state index in [4.69, 9.17) is 34.8 Å². The maximum atomic E-state index is 6.36. The molecule has 0 fully saturated rings. The summed E-state index contributed by atoms with van der Waals surface area (Å²) in [5.41, 5.74) is 1.12. The predicted molar refractivity (Wildman–Crippen MR) is 113 cm³/mol. The number of hydrogen-bond acceptors (Lipinski definition) is 2. The van der Waals surface area contributed by atoms with Gasteiger partial charge in [0.2, 0.25) is 0 Å². The van der Waals surface area contributed by atoms with Gasteiger partial charge in [-0.15, -0.1) is 11.8 Å². The Morgan fingerprint density at radius 3 is 2.42 bits per heavy atom. The molecule has 1 unspecified atom stereocenters. The molecule has 6 heteroatoms. The summed E-state index contributed by atoms with van der Waals surface area (Å²) < 4.78 is 2.09. The van der Waals surface area contributed by atoms with Crippen LogP contribution in [0.5, 0.6) is 0 Å². The lowest BCUT2D eigenvalue weighted by molar-refractivity contribution is 0.495. The molecule has 3 aromatic rings. The third-order valence-corrected chi connectivity index (χ3v) is 6.37. The van der Waals surface area contributed by atoms with Gasteiger partial charge in [0.25, 0.3) is 0 Å². The van der Waals surface area contributed by atoms with Gasteiger partial charge in [0, 0.05) is 43.6 Å². The number of imidazole rings is 1. The second kappa shape index (κ2) is 8.71. The zero-order valence-corrected chi connectivity index (χ0v) is 17.4. The van der Waals surface area contributed by atoms with Gasteiger partial charge < -0.3 is 4.57 Å². The zero-order valence-electron chi connectivity index (χ0n) is 14.3. The van der Waals surface area contributed by atoms with Gasteiger partial charge in [0.1, 0.15) is 0 Å². The first-order valence-corrected chi connectivity index (χ1v) is 10.2. The molecule has 1 atom stereocenters. The van der Waals surface area contributed by atoms with Crippen molar-refractivity contribution in [3.63, 3.8) is 0 Å². The van der Waals surface area contributed by atoms with E-state index in [2.05, 4.69) is 28.6 Å². The lowest BCUT2D eigenvalue weighted by atomic mass is 10.00. The first-order valence-electron chi connectivity index (χ1n) is 8.28. The highest BCUT2D eigenvalue weighted by Crippen LogP contribution is 2.39. The fourth-order valence-electron chi connectivity index (χ4n) is 2.84. The van der Waals surface area contributed by atoms with Crippen molar-refractivity contribution in [3.05, 3.63) is 81.8 Å². The Morgan fingerprint density at radius 1 is 1.04 bits per heavy atom. The first-order chi connectivity index (χ1) is 12.4. The molecule has 26 heavy (non-hydrogen) atoms. The molecule has 3 rings (SSSR count). The summed E-state index contributed by atoms with van der Waals surface area (Å²) in [7, 11) is 0. The smallest absolute Gasteiger partial charge is 0.0946 e. The van der Waals surface area contributed by atoms with E-state index >= 15 is 0 Å². The molecule has 0 saturated heterocycles. The van der Waals surface area contributed by atoms with Crippen LogP contribution in [0.2, 0.25) is 15.1 Å². The number of aromatic nitrogens is 2. The minimum Gasteiger partial charge on any atom is -0.336 e. The number of nitrogens with zero attached hydrogens (tertiary/aromatic N) is 2. The van der Waals surface area contributed by atoms with Gasteiger partial charge in [-0.2, -0.15) is 0 Å². The molecule has 0 N–H and O–H groups in total. The molecule has 0 bridgehead atoms. The van der Waals surface area contributed by atoms with Crippen LogP contribution in [0.4, 0.5) is 0 Å². The van der Waals surface area contributed by atoms with E-state index in [9.17, 15) is 0 Å². The normalized spacial score (nSPS) is 13.5. The Kier molecular flexibility index (Phi) is 6.57. The van der Waals surface area contributed by atoms with Crippen molar-refractivity contribution in [1.29, 1.82) is 0 Å². The standard InChI is InChI=1S/C20H19Cl3N2S/c1-20(13-25-11-10-24-14-25,26-18-6-4-16(21)5-7-18)9-8-15-2-3-17(22)12-19(15)23/h2-7,10-12,14H,8-9,13H2,1H3. The van der Waals surface area contributed by atoms with Crippen molar-refractivity contribution in [1.82, 2.24) is 9.55 Å². The second-order valence-electron chi connectivity index (χ2n) is 6.48. The minimum atomic E-state index is -0.0303. The number of halogens is 3. The highest BCUT2D eigenvalue weighted by Gasteiger charge is 2.26. The van der Waals surface area contributed by atoms with Crippen LogP contribution >= 0.6 is 46.6 Å². The van der Waals surface area contributed by atoms with E-state index in [0.29, 0.717) is 5.02 Å². The van der Waals surface area contributed by atoms with Crippen molar-refractivity contribution in [3.8, 4) is 0 Å². The molecule has 0 radical (unpaired) electrons. The Bertz CT molecular complexity index is 850. The molecule has 2 aromatic carbocycles. The fourth-order valence-corrected chi connectivity index (χ4v) is 4.73. The lowest BCUT2D eigenvalue weighted by Crippen LogP contribution is -2.27. The molecule has 0 saturated carbocycles. The maximum absolute atomic E-state index is 6.36. The Balaban J connectivity index is 1.78. The highest BCUT2D eigenvalue weighted by atomic mass is 35.5. The minimum absolute atomic E-state index is 0.0303. The van der Waals surface area contributed by atoms with Gasteiger partial charge in [-0.1, -0.05) is 40.9 Å². The molecule has 0 aliphatic heterocycles. The van der Waals surface area contributed by atoms with Gasteiger partial charge in [0.15, 0.2) is 0 Å². The molecule has 1 heterocycles. The number of aryl methyl sites for hydroxylation is 1. The summed E-state index contributed by atoms with van der Waals surface area (Å²) in [6.45, 7) is 3.13. The monoisotopic (exact) mass is 424 g/mol. The third-order valence-electron chi connectivity index (χ3n) is 4.19. The van der Waals surface area contributed by atoms with Crippen LogP contribution in [0.25, 0.3) is 0 Å². The van der Waals surface area contributed by atoms with Crippen LogP contribution in [0.1, 0.15) is 18.9 Å². The van der Waals surface area contributed by atoms with Crippen molar-refractivity contribution in [2.45, 2.75) is 36.0 Å². The molecule has 0 spiro atoms. The number of benzene rings is 2. The van der Waals surface area contributed by atoms with Crippen molar-refractivity contribution < 1.29 is 0 Å². The van der Waals surface area contributed by atoms with E-state index in [-0.39, 0.29) is 4.75 Å². The Hall–Kier alpha value is -1.13. The Morgan fingerprint density at radius 2 is 1.77 bits per heavy atom. The third kappa shape index (κ3) is 5.43. The van der Waals surface area contributed by atoms with Crippen molar-refractivity contribution in [2.75, 3.05) is 0 Å². The van der Waals surface area contributed by atoms with Gasteiger partial charge in [-0.3, -0.25) is 0 Å². The van der Waals surface area contributed by atoms with Crippen LogP contribution in [0, 0.1) is 0 Å². The molecule has 0 aliphatic carbocycles. The largest absolute Gasteiger partial charge is 0.336 e. The molecule has 2 nitrogen and oxygen atoms in total. The van der Waals surface area contributed by atoms with E-state index < -0.39 is 0 Å². The van der Waals surface area contributed by atoms with E-state index in [1.165, 1.54) is 4.90 Å². The van der Waals surface area contributed by atoms with Crippen molar-refractivity contribution >= 4 is 46.6 Å². The van der Waals surface area contributed by atoms with Gasteiger partial charge in [-0.05, 0) is 61.7 Å². The van der Waals surface area contributed by atoms with Gasteiger partial charge in [-0.25, -0.2) is 4.98 Å². The predicted octanol–water partition coefficient (Wildman–Crippen LogP) is 7.03. The number of hydrogen-bond donors (Lipinski definition) is 0. The first kappa shape index (κ1) is 19.6. The van der Waals surface area contributed by atoms with Gasteiger partial charge >= 0.3 is 0 Å². The molecular formula is C20H19Cl3N2S. The van der Waals surface area contributed by atoms with Crippen LogP contribution in [-0.2, 0) is 13.0 Å². The van der Waals surface area contributed by atoms with Crippen molar-refractivity contribution in [2.24, 2.45) is 0 Å². The maximum Gasteiger partial charge on any atom is 0.0946 e. The molecule has 1 aromatic heterocycles. The van der Waals surface area contributed by atoms with Crippen LogP contribution in [0.15, 0.2) is 66.1 Å². The highest BCUT2D eigenvalue weighted by molar-refractivity contribution is 8.00. The van der Waals surface area contributed by atoms with Crippen LogP contribution < -0.4 is 0 Å². The molecule has 0 amide bonds. The van der Waals surface area contributed by atoms with E-state index in [1.54, 1.807) is 6.07 Å². The Labute approximate surface area is 173 Å². The van der Waals surface area contributed by atoms with Crippen LogP contribution in [-0.4, -0.2) is 14.3 Å². The SMILES string of the molecule is CC(CCc1ccc(Cl)cc1Cl)(Cn1ccnc1)Sc1ccc(Cl)cc1. The van der Waals surface area contributed by atoms with E-state index in [0.717, 1.165) is 35.0 Å². The average molecular weight is 426 g/mol. The summed E-state index contributed by atoms with van der Waals surface area (Å²) in [6, 6.07) is 13.7. The lowest BCUT2D eigenvalue weighted by Gasteiger charge is -2.30.